The maximum absolute atomic E-state index is 11.9. The Morgan fingerprint density at radius 1 is 1.33 bits per heavy atom. The molecular formula is C13H14N4O. The van der Waals surface area contributed by atoms with Gasteiger partial charge in [0.05, 0.1) is 0 Å². The van der Waals surface area contributed by atoms with Gasteiger partial charge >= 0.3 is 0 Å². The van der Waals surface area contributed by atoms with Crippen LogP contribution in [0.1, 0.15) is 40.8 Å². The third kappa shape index (κ3) is 2.25. The lowest BCUT2D eigenvalue weighted by atomic mass is 10.2. The predicted molar refractivity (Wildman–Crippen MR) is 67.5 cm³/mol. The van der Waals surface area contributed by atoms with E-state index in [4.69, 9.17) is 0 Å². The van der Waals surface area contributed by atoms with E-state index in [1.807, 2.05) is 31.2 Å². The number of carbonyl (C=O) groups is 1. The van der Waals surface area contributed by atoms with Crippen LogP contribution in [0.3, 0.4) is 0 Å². The molecule has 0 radical (unpaired) electrons. The molecule has 0 saturated heterocycles. The molecule has 18 heavy (non-hydrogen) atoms. The second-order valence-electron chi connectivity index (χ2n) is 4.64. The normalized spacial score (nSPS) is 14.5. The van der Waals surface area contributed by atoms with Gasteiger partial charge in [-0.2, -0.15) is 0 Å². The van der Waals surface area contributed by atoms with Crippen LogP contribution in [0.4, 0.5) is 5.69 Å². The Bertz CT molecular complexity index is 569. The van der Waals surface area contributed by atoms with Crippen molar-refractivity contribution in [1.82, 2.24) is 15.2 Å². The molecule has 0 aliphatic heterocycles. The van der Waals surface area contributed by atoms with E-state index >= 15 is 0 Å². The maximum Gasteiger partial charge on any atom is 0.295 e. The lowest BCUT2D eigenvalue weighted by Gasteiger charge is -2.02. The Labute approximate surface area is 105 Å². The molecule has 1 aliphatic carbocycles. The van der Waals surface area contributed by atoms with Crippen LogP contribution in [0.15, 0.2) is 24.3 Å². The van der Waals surface area contributed by atoms with Gasteiger partial charge in [0.2, 0.25) is 5.82 Å². The van der Waals surface area contributed by atoms with E-state index in [9.17, 15) is 4.79 Å². The number of anilines is 1. The molecule has 5 heteroatoms. The minimum Gasteiger partial charge on any atom is -0.319 e. The average Bonchev–Trinajstić information content (AvgIpc) is 3.10. The Hall–Kier alpha value is -2.17. The highest BCUT2D eigenvalue weighted by Gasteiger charge is 2.28. The zero-order valence-corrected chi connectivity index (χ0v) is 10.1. The van der Waals surface area contributed by atoms with Crippen molar-refractivity contribution in [3.05, 3.63) is 41.5 Å². The van der Waals surface area contributed by atoms with Crippen LogP contribution in [0.2, 0.25) is 0 Å². The average molecular weight is 242 g/mol. The standard InChI is InChI=1S/C13H14N4O/c1-8-2-6-10(7-3-8)14-13(18)12-15-11(16-17-12)9-4-5-9/h2-3,6-7,9H,4-5H2,1H3,(H,14,18)(H,15,16,17). The Balaban J connectivity index is 1.71. The van der Waals surface area contributed by atoms with Gasteiger partial charge in [0.15, 0.2) is 0 Å². The highest BCUT2D eigenvalue weighted by Crippen LogP contribution is 2.37. The van der Waals surface area contributed by atoms with Gasteiger partial charge in [0.25, 0.3) is 5.91 Å². The molecular weight excluding hydrogens is 228 g/mol. The van der Waals surface area contributed by atoms with E-state index in [1.165, 1.54) is 0 Å². The van der Waals surface area contributed by atoms with Crippen molar-refractivity contribution in [3.8, 4) is 0 Å². The molecule has 0 unspecified atom stereocenters. The van der Waals surface area contributed by atoms with Crippen LogP contribution in [-0.4, -0.2) is 21.1 Å². The molecule has 1 aromatic carbocycles. The van der Waals surface area contributed by atoms with Crippen molar-refractivity contribution in [2.75, 3.05) is 5.32 Å². The van der Waals surface area contributed by atoms with Gasteiger partial charge in [-0.15, -0.1) is 5.10 Å². The zero-order valence-electron chi connectivity index (χ0n) is 10.1. The summed E-state index contributed by atoms with van der Waals surface area (Å²) in [6.45, 7) is 2.00. The summed E-state index contributed by atoms with van der Waals surface area (Å²) in [5, 5.41) is 9.54. The van der Waals surface area contributed by atoms with Crippen LogP contribution in [-0.2, 0) is 0 Å². The first-order valence-electron chi connectivity index (χ1n) is 6.03. The number of hydrogen-bond acceptors (Lipinski definition) is 3. The lowest BCUT2D eigenvalue weighted by molar-refractivity contribution is 0.101. The summed E-state index contributed by atoms with van der Waals surface area (Å²) in [6.07, 6.45) is 2.27. The smallest absolute Gasteiger partial charge is 0.295 e. The molecule has 92 valence electrons. The second-order valence-corrected chi connectivity index (χ2v) is 4.64. The number of amides is 1. The van der Waals surface area contributed by atoms with Crippen molar-refractivity contribution in [2.45, 2.75) is 25.7 Å². The van der Waals surface area contributed by atoms with Crippen LogP contribution in [0, 0.1) is 6.92 Å². The van der Waals surface area contributed by atoms with Crippen molar-refractivity contribution < 1.29 is 4.79 Å². The predicted octanol–water partition coefficient (Wildman–Crippen LogP) is 2.24. The molecule has 1 heterocycles. The van der Waals surface area contributed by atoms with Gasteiger partial charge in [-0.05, 0) is 31.9 Å². The Kier molecular flexibility index (Phi) is 2.59. The van der Waals surface area contributed by atoms with Gasteiger partial charge in [-0.1, -0.05) is 17.7 Å². The van der Waals surface area contributed by atoms with E-state index in [-0.39, 0.29) is 11.7 Å². The highest BCUT2D eigenvalue weighted by atomic mass is 16.2. The molecule has 1 fully saturated rings. The molecule has 1 aromatic heterocycles. The van der Waals surface area contributed by atoms with Gasteiger partial charge in [-0.25, -0.2) is 4.98 Å². The minimum atomic E-state index is -0.276. The van der Waals surface area contributed by atoms with Gasteiger partial charge in [0, 0.05) is 11.6 Å². The summed E-state index contributed by atoms with van der Waals surface area (Å²) in [5.41, 5.74) is 1.91. The minimum absolute atomic E-state index is 0.206. The number of carbonyl (C=O) groups excluding carboxylic acids is 1. The number of aromatic nitrogens is 3. The first kappa shape index (κ1) is 11.0. The van der Waals surface area contributed by atoms with Gasteiger partial charge in [0.1, 0.15) is 5.82 Å². The number of benzene rings is 1. The molecule has 5 nitrogen and oxygen atoms in total. The molecule has 3 rings (SSSR count). The van der Waals surface area contributed by atoms with Crippen LogP contribution in [0.5, 0.6) is 0 Å². The highest BCUT2D eigenvalue weighted by molar-refractivity contribution is 6.01. The van der Waals surface area contributed by atoms with E-state index in [0.717, 1.165) is 29.9 Å². The zero-order chi connectivity index (χ0) is 12.5. The summed E-state index contributed by atoms with van der Waals surface area (Å²) < 4.78 is 0. The van der Waals surface area contributed by atoms with E-state index < -0.39 is 0 Å². The number of aryl methyl sites for hydroxylation is 1. The number of rotatable bonds is 3. The number of hydrogen-bond donors (Lipinski definition) is 2. The second kappa shape index (κ2) is 4.25. The van der Waals surface area contributed by atoms with Crippen molar-refractivity contribution >= 4 is 11.6 Å². The Morgan fingerprint density at radius 3 is 2.72 bits per heavy atom. The number of H-pyrrole nitrogens is 1. The number of nitrogens with zero attached hydrogens (tertiary/aromatic N) is 2. The SMILES string of the molecule is Cc1ccc(NC(=O)c2n[nH]c(C3CC3)n2)cc1. The van der Waals surface area contributed by atoms with E-state index in [0.29, 0.717) is 5.92 Å². The van der Waals surface area contributed by atoms with E-state index in [1.54, 1.807) is 0 Å². The molecule has 0 bridgehead atoms. The number of aromatic amines is 1. The number of nitrogens with one attached hydrogen (secondary N) is 2. The summed E-state index contributed by atoms with van der Waals surface area (Å²) in [7, 11) is 0. The molecule has 0 spiro atoms. The third-order valence-electron chi connectivity index (χ3n) is 2.98. The van der Waals surface area contributed by atoms with Crippen molar-refractivity contribution in [1.29, 1.82) is 0 Å². The molecule has 1 amide bonds. The van der Waals surface area contributed by atoms with E-state index in [2.05, 4.69) is 20.5 Å². The third-order valence-corrected chi connectivity index (χ3v) is 2.98. The summed E-state index contributed by atoms with van der Waals surface area (Å²) in [5.74, 6) is 1.22. The largest absolute Gasteiger partial charge is 0.319 e. The van der Waals surface area contributed by atoms with Crippen LogP contribution < -0.4 is 5.32 Å². The quantitative estimate of drug-likeness (QED) is 0.867. The fourth-order valence-corrected chi connectivity index (χ4v) is 1.74. The summed E-state index contributed by atoms with van der Waals surface area (Å²) in [4.78, 5) is 16.1. The molecule has 1 aliphatic rings. The first-order chi connectivity index (χ1) is 8.72. The van der Waals surface area contributed by atoms with Gasteiger partial charge in [-0.3, -0.25) is 9.89 Å². The topological polar surface area (TPSA) is 70.7 Å². The van der Waals surface area contributed by atoms with Crippen LogP contribution >= 0.6 is 0 Å². The van der Waals surface area contributed by atoms with Crippen LogP contribution in [0.25, 0.3) is 0 Å². The molecule has 0 atom stereocenters. The fourth-order valence-electron chi connectivity index (χ4n) is 1.74. The summed E-state index contributed by atoms with van der Waals surface area (Å²) in [6, 6.07) is 7.62. The van der Waals surface area contributed by atoms with Crippen molar-refractivity contribution in [2.24, 2.45) is 0 Å². The summed E-state index contributed by atoms with van der Waals surface area (Å²) >= 11 is 0. The van der Waals surface area contributed by atoms with Crippen molar-refractivity contribution in [3.63, 3.8) is 0 Å². The monoisotopic (exact) mass is 242 g/mol. The lowest BCUT2D eigenvalue weighted by Crippen LogP contribution is -2.13. The molecule has 2 aromatic rings. The Morgan fingerprint density at radius 2 is 2.06 bits per heavy atom. The van der Waals surface area contributed by atoms with Gasteiger partial charge < -0.3 is 5.32 Å². The maximum atomic E-state index is 11.9. The fraction of sp³-hybridized carbons (Fsp3) is 0.308. The molecule has 1 saturated carbocycles. The first-order valence-corrected chi connectivity index (χ1v) is 6.03. The molecule has 2 N–H and O–H groups in total.